The molecule has 1 aromatic heterocycles. The third kappa shape index (κ3) is 2.86. The van der Waals surface area contributed by atoms with E-state index in [0.29, 0.717) is 26.1 Å². The van der Waals surface area contributed by atoms with Crippen LogP contribution in [0.1, 0.15) is 12.8 Å². The number of nitrogens with one attached hydrogen (secondary N) is 1. The van der Waals surface area contributed by atoms with Crippen molar-refractivity contribution in [1.82, 2.24) is 14.8 Å². The number of carbonyl (C=O) groups excluding carboxylic acids is 2. The van der Waals surface area contributed by atoms with Gasteiger partial charge in [0.2, 0.25) is 11.8 Å². The van der Waals surface area contributed by atoms with Crippen molar-refractivity contribution in [3.63, 3.8) is 0 Å². The van der Waals surface area contributed by atoms with Crippen LogP contribution in [0.2, 0.25) is 0 Å². The summed E-state index contributed by atoms with van der Waals surface area (Å²) in [5.74, 6) is -0.501. The van der Waals surface area contributed by atoms with Gasteiger partial charge in [0.05, 0.1) is 6.07 Å². The molecule has 4 rings (SSSR count). The Bertz CT molecular complexity index is 866. The number of nitrogens with zero attached hydrogens (tertiary/aromatic N) is 3. The van der Waals surface area contributed by atoms with Gasteiger partial charge in [0.15, 0.2) is 0 Å². The molecule has 25 heavy (non-hydrogen) atoms. The van der Waals surface area contributed by atoms with Gasteiger partial charge in [0, 0.05) is 30.8 Å². The van der Waals surface area contributed by atoms with Gasteiger partial charge in [-0.3, -0.25) is 9.59 Å². The first kappa shape index (κ1) is 15.7. The van der Waals surface area contributed by atoms with E-state index < -0.39 is 5.92 Å². The third-order valence-electron chi connectivity index (χ3n) is 5.41. The summed E-state index contributed by atoms with van der Waals surface area (Å²) < 4.78 is 1.98. The van der Waals surface area contributed by atoms with Gasteiger partial charge in [-0.25, -0.2) is 0 Å². The molecule has 1 N–H and O–H groups in total. The second kappa shape index (κ2) is 6.25. The van der Waals surface area contributed by atoms with Crippen molar-refractivity contribution in [1.29, 1.82) is 5.26 Å². The fourth-order valence-corrected chi connectivity index (χ4v) is 4.02. The monoisotopic (exact) mass is 336 g/mol. The lowest BCUT2D eigenvalue weighted by molar-refractivity contribution is -0.136. The number of nitriles is 1. The molecule has 3 unspecified atom stereocenters. The summed E-state index contributed by atoms with van der Waals surface area (Å²) in [6, 6.07) is 12.2. The van der Waals surface area contributed by atoms with Gasteiger partial charge in [-0.05, 0) is 36.3 Å². The molecule has 2 aliphatic rings. The Morgan fingerprint density at radius 3 is 3.00 bits per heavy atom. The number of rotatable bonds is 2. The molecule has 3 atom stereocenters. The Morgan fingerprint density at radius 1 is 1.32 bits per heavy atom. The zero-order chi connectivity index (χ0) is 17.4. The Labute approximate surface area is 146 Å². The lowest BCUT2D eigenvalue weighted by atomic mass is 9.80. The van der Waals surface area contributed by atoms with Gasteiger partial charge in [-0.1, -0.05) is 18.2 Å². The second-order valence-electron chi connectivity index (χ2n) is 6.92. The van der Waals surface area contributed by atoms with Gasteiger partial charge in [-0.2, -0.15) is 5.26 Å². The van der Waals surface area contributed by atoms with Crippen molar-refractivity contribution in [2.45, 2.75) is 25.4 Å². The zero-order valence-electron chi connectivity index (χ0n) is 13.9. The maximum atomic E-state index is 12.8. The maximum absolute atomic E-state index is 12.8. The summed E-state index contributed by atoms with van der Waals surface area (Å²) in [5.41, 5.74) is 1.06. The van der Waals surface area contributed by atoms with Crippen LogP contribution in [0, 0.1) is 23.2 Å². The van der Waals surface area contributed by atoms with E-state index in [9.17, 15) is 9.59 Å². The fourth-order valence-electron chi connectivity index (χ4n) is 4.02. The number of piperidine rings is 2. The van der Waals surface area contributed by atoms with Gasteiger partial charge >= 0.3 is 0 Å². The van der Waals surface area contributed by atoms with E-state index in [4.69, 9.17) is 5.26 Å². The van der Waals surface area contributed by atoms with Crippen LogP contribution in [0.15, 0.2) is 36.5 Å². The Kier molecular flexibility index (Phi) is 3.92. The highest BCUT2D eigenvalue weighted by Crippen LogP contribution is 2.28. The number of para-hydroxylation sites is 1. The number of carbonyl (C=O) groups is 2. The Hall–Kier alpha value is -2.81. The molecule has 0 bridgehead atoms. The van der Waals surface area contributed by atoms with E-state index in [2.05, 4.69) is 11.4 Å². The highest BCUT2D eigenvalue weighted by atomic mass is 16.2. The molecule has 3 heterocycles. The first-order chi connectivity index (χ1) is 12.2. The largest absolute Gasteiger partial charge is 0.352 e. The molecule has 2 saturated heterocycles. The van der Waals surface area contributed by atoms with E-state index in [1.807, 2.05) is 46.0 Å². The minimum atomic E-state index is -0.593. The number of amides is 2. The van der Waals surface area contributed by atoms with Crippen LogP contribution >= 0.6 is 0 Å². The molecule has 2 aromatic rings. The van der Waals surface area contributed by atoms with Gasteiger partial charge in [-0.15, -0.1) is 0 Å². The third-order valence-corrected chi connectivity index (χ3v) is 5.41. The minimum Gasteiger partial charge on any atom is -0.352 e. The predicted molar refractivity (Wildman–Crippen MR) is 92.3 cm³/mol. The van der Waals surface area contributed by atoms with E-state index in [0.717, 1.165) is 17.3 Å². The molecule has 128 valence electrons. The molecule has 2 aliphatic heterocycles. The van der Waals surface area contributed by atoms with Crippen LogP contribution in [0.5, 0.6) is 0 Å². The number of aromatic nitrogens is 1. The standard InChI is InChI=1S/C19H20N4O2/c20-10-14-9-15-11-23(8-6-16(15)21-19(14)25)18(24)12-22-7-5-13-3-1-2-4-17(13)22/h1-5,7,14-16H,6,8-9,11-12H2,(H,21,25). The van der Waals surface area contributed by atoms with Crippen LogP contribution in [0.3, 0.4) is 0 Å². The highest BCUT2D eigenvalue weighted by molar-refractivity contribution is 5.84. The molecule has 1 aromatic carbocycles. The maximum Gasteiger partial charge on any atom is 0.242 e. The van der Waals surface area contributed by atoms with E-state index in [1.54, 1.807) is 0 Å². The SMILES string of the molecule is N#CC1CC2CN(C(=O)Cn3ccc4ccccc43)CCC2NC1=O. The zero-order valence-corrected chi connectivity index (χ0v) is 13.9. The van der Waals surface area contributed by atoms with Crippen molar-refractivity contribution < 1.29 is 9.59 Å². The summed E-state index contributed by atoms with van der Waals surface area (Å²) in [4.78, 5) is 26.4. The molecular formula is C19H20N4O2. The number of hydrogen-bond acceptors (Lipinski definition) is 3. The minimum absolute atomic E-state index is 0.0882. The van der Waals surface area contributed by atoms with Gasteiger partial charge in [0.1, 0.15) is 12.5 Å². The average Bonchev–Trinajstić information content (AvgIpc) is 3.04. The van der Waals surface area contributed by atoms with Gasteiger partial charge < -0.3 is 14.8 Å². The fraction of sp³-hybridized carbons (Fsp3) is 0.421. The molecule has 6 heteroatoms. The Balaban J connectivity index is 1.45. The average molecular weight is 336 g/mol. The molecule has 6 nitrogen and oxygen atoms in total. The second-order valence-corrected chi connectivity index (χ2v) is 6.92. The summed E-state index contributed by atoms with van der Waals surface area (Å²) >= 11 is 0. The van der Waals surface area contributed by atoms with Crippen molar-refractivity contribution in [2.24, 2.45) is 11.8 Å². The number of likely N-dealkylation sites (tertiary alicyclic amines) is 1. The van der Waals surface area contributed by atoms with Crippen LogP contribution in [-0.2, 0) is 16.1 Å². The first-order valence-corrected chi connectivity index (χ1v) is 8.67. The quantitative estimate of drug-likeness (QED) is 0.903. The normalized spacial score (nSPS) is 26.0. The lowest BCUT2D eigenvalue weighted by Gasteiger charge is -2.42. The smallest absolute Gasteiger partial charge is 0.242 e. The summed E-state index contributed by atoms with van der Waals surface area (Å²) in [6.07, 6.45) is 3.25. The molecule has 0 spiro atoms. The molecular weight excluding hydrogens is 316 g/mol. The summed E-state index contributed by atoms with van der Waals surface area (Å²) in [6.45, 7) is 1.58. The van der Waals surface area contributed by atoms with Gasteiger partial charge in [0.25, 0.3) is 0 Å². The van der Waals surface area contributed by atoms with E-state index in [-0.39, 0.29) is 23.8 Å². The van der Waals surface area contributed by atoms with Crippen molar-refractivity contribution >= 4 is 22.7 Å². The van der Waals surface area contributed by atoms with Crippen LogP contribution < -0.4 is 5.32 Å². The summed E-state index contributed by atoms with van der Waals surface area (Å²) in [7, 11) is 0. The highest BCUT2D eigenvalue weighted by Gasteiger charge is 2.39. The van der Waals surface area contributed by atoms with E-state index in [1.165, 1.54) is 0 Å². The Morgan fingerprint density at radius 2 is 2.16 bits per heavy atom. The number of fused-ring (bicyclic) bond motifs is 2. The van der Waals surface area contributed by atoms with Crippen molar-refractivity contribution in [3.05, 3.63) is 36.5 Å². The first-order valence-electron chi connectivity index (χ1n) is 8.67. The number of hydrogen-bond donors (Lipinski definition) is 1. The van der Waals surface area contributed by atoms with Crippen molar-refractivity contribution in [3.8, 4) is 6.07 Å². The molecule has 2 amide bonds. The topological polar surface area (TPSA) is 78.1 Å². The molecule has 0 saturated carbocycles. The van der Waals surface area contributed by atoms with Crippen molar-refractivity contribution in [2.75, 3.05) is 13.1 Å². The molecule has 2 fully saturated rings. The molecule has 0 aliphatic carbocycles. The predicted octanol–water partition coefficient (Wildman–Crippen LogP) is 1.52. The van der Waals surface area contributed by atoms with E-state index >= 15 is 0 Å². The lowest BCUT2D eigenvalue weighted by Crippen LogP contribution is -2.57. The van der Waals surface area contributed by atoms with Crippen LogP contribution in [-0.4, -0.2) is 40.4 Å². The summed E-state index contributed by atoms with van der Waals surface area (Å²) in [5, 5.41) is 13.2. The van der Waals surface area contributed by atoms with Crippen LogP contribution in [0.25, 0.3) is 10.9 Å². The number of benzene rings is 1. The van der Waals surface area contributed by atoms with Crippen LogP contribution in [0.4, 0.5) is 0 Å². The molecule has 0 radical (unpaired) electrons.